The van der Waals surface area contributed by atoms with E-state index in [-0.39, 0.29) is 0 Å². The summed E-state index contributed by atoms with van der Waals surface area (Å²) in [5.41, 5.74) is 1.40. The average Bonchev–Trinajstić information content (AvgIpc) is 2.77. The lowest BCUT2D eigenvalue weighted by atomic mass is 10.3. The van der Waals surface area contributed by atoms with Gasteiger partial charge in [0.2, 0.25) is 0 Å². The van der Waals surface area contributed by atoms with Crippen LogP contribution in [-0.4, -0.2) is 29.3 Å². The van der Waals surface area contributed by atoms with Crippen molar-refractivity contribution in [2.24, 2.45) is 0 Å². The number of pyridine rings is 1. The van der Waals surface area contributed by atoms with Crippen molar-refractivity contribution in [2.75, 3.05) is 18.5 Å². The molecule has 0 fully saturated rings. The second kappa shape index (κ2) is 5.49. The number of unbranched alkanes of at least 4 members (excludes halogenated alkanes) is 1. The van der Waals surface area contributed by atoms with Crippen molar-refractivity contribution in [3.63, 3.8) is 0 Å². The van der Waals surface area contributed by atoms with E-state index in [1.54, 1.807) is 0 Å². The Balaban J connectivity index is 2.31. The molecule has 18 heavy (non-hydrogen) atoms. The summed E-state index contributed by atoms with van der Waals surface area (Å²) in [5, 5.41) is 0. The molecule has 0 N–H and O–H groups in total. The third-order valence-electron chi connectivity index (χ3n) is 2.92. The number of hydrogen-bond donors (Lipinski definition) is 0. The van der Waals surface area contributed by atoms with E-state index in [1.807, 2.05) is 46.8 Å². The maximum atomic E-state index is 11.2. The zero-order valence-corrected chi connectivity index (χ0v) is 10.5. The third-order valence-corrected chi connectivity index (χ3v) is 2.92. The van der Waals surface area contributed by atoms with E-state index in [4.69, 9.17) is 0 Å². The van der Waals surface area contributed by atoms with Crippen LogP contribution in [0.4, 0.5) is 5.82 Å². The van der Waals surface area contributed by atoms with Gasteiger partial charge in [-0.3, -0.25) is 9.20 Å². The maximum absolute atomic E-state index is 11.2. The number of hydrogen-bond acceptors (Lipinski definition) is 3. The van der Waals surface area contributed by atoms with E-state index < -0.39 is 0 Å². The fourth-order valence-electron chi connectivity index (χ4n) is 1.97. The Morgan fingerprint density at radius 1 is 1.50 bits per heavy atom. The Kier molecular flexibility index (Phi) is 3.77. The Hall–Kier alpha value is -2.10. The van der Waals surface area contributed by atoms with Gasteiger partial charge in [-0.1, -0.05) is 12.1 Å². The zero-order chi connectivity index (χ0) is 13.0. The minimum Gasteiger partial charge on any atom is -0.358 e. The van der Waals surface area contributed by atoms with Crippen molar-refractivity contribution in [3.8, 4) is 0 Å². The van der Waals surface area contributed by atoms with Crippen LogP contribution in [0.1, 0.15) is 23.3 Å². The average molecular weight is 243 g/mol. The highest BCUT2D eigenvalue weighted by molar-refractivity contribution is 5.83. The van der Waals surface area contributed by atoms with Crippen molar-refractivity contribution in [1.82, 2.24) is 9.38 Å². The molecule has 94 valence electrons. The van der Waals surface area contributed by atoms with Crippen LogP contribution >= 0.6 is 0 Å². The van der Waals surface area contributed by atoms with Crippen LogP contribution in [0.5, 0.6) is 0 Å². The summed E-state index contributed by atoms with van der Waals surface area (Å²) in [7, 11) is 1.96. The predicted octanol–water partition coefficient (Wildman–Crippen LogP) is 2.55. The van der Waals surface area contributed by atoms with Gasteiger partial charge in [-0.05, 0) is 25.0 Å². The first kappa shape index (κ1) is 12.4. The molecule has 0 radical (unpaired) electrons. The van der Waals surface area contributed by atoms with Crippen molar-refractivity contribution < 1.29 is 4.79 Å². The fourth-order valence-corrected chi connectivity index (χ4v) is 1.97. The Morgan fingerprint density at radius 2 is 2.33 bits per heavy atom. The van der Waals surface area contributed by atoms with Crippen LogP contribution in [0.15, 0.2) is 37.1 Å². The molecule has 0 saturated heterocycles. The van der Waals surface area contributed by atoms with Crippen molar-refractivity contribution in [3.05, 3.63) is 42.7 Å². The molecule has 2 rings (SSSR count). The predicted molar refractivity (Wildman–Crippen MR) is 73.3 cm³/mol. The quantitative estimate of drug-likeness (QED) is 0.444. The van der Waals surface area contributed by atoms with E-state index >= 15 is 0 Å². The van der Waals surface area contributed by atoms with E-state index in [0.717, 1.165) is 37.1 Å². The lowest BCUT2D eigenvalue weighted by Gasteiger charge is -2.16. The van der Waals surface area contributed by atoms with E-state index in [0.29, 0.717) is 5.69 Å². The SMILES string of the molecule is C=CCCCN(C)c1nc2ccccn2c1C=O. The normalized spacial score (nSPS) is 10.5. The highest BCUT2D eigenvalue weighted by atomic mass is 16.1. The number of carbonyl (C=O) groups excluding carboxylic acids is 1. The topological polar surface area (TPSA) is 37.6 Å². The maximum Gasteiger partial charge on any atom is 0.170 e. The monoisotopic (exact) mass is 243 g/mol. The van der Waals surface area contributed by atoms with Gasteiger partial charge in [0.05, 0.1) is 0 Å². The summed E-state index contributed by atoms with van der Waals surface area (Å²) < 4.78 is 1.81. The van der Waals surface area contributed by atoms with E-state index in [2.05, 4.69) is 11.6 Å². The third kappa shape index (κ3) is 2.27. The van der Waals surface area contributed by atoms with Gasteiger partial charge in [-0.25, -0.2) is 4.98 Å². The second-order valence-electron chi connectivity index (χ2n) is 4.22. The molecular formula is C14H17N3O. The molecular weight excluding hydrogens is 226 g/mol. The van der Waals surface area contributed by atoms with Gasteiger partial charge in [-0.2, -0.15) is 0 Å². The summed E-state index contributed by atoms with van der Waals surface area (Å²) in [4.78, 5) is 17.7. The molecule has 0 aromatic carbocycles. The lowest BCUT2D eigenvalue weighted by molar-refractivity contribution is 0.111. The number of aromatic nitrogens is 2. The summed E-state index contributed by atoms with van der Waals surface area (Å²) in [6.45, 7) is 4.56. The zero-order valence-electron chi connectivity index (χ0n) is 10.5. The number of rotatable bonds is 6. The molecule has 0 spiro atoms. The van der Waals surface area contributed by atoms with Gasteiger partial charge in [0, 0.05) is 19.8 Å². The molecule has 4 heteroatoms. The first-order chi connectivity index (χ1) is 8.77. The standard InChI is InChI=1S/C14H17N3O/c1-3-4-6-9-16(2)14-12(11-18)17-10-7-5-8-13(17)15-14/h3,5,7-8,10-11H,1,4,6,9H2,2H3. The van der Waals surface area contributed by atoms with E-state index in [1.165, 1.54) is 0 Å². The highest BCUT2D eigenvalue weighted by Crippen LogP contribution is 2.19. The van der Waals surface area contributed by atoms with Gasteiger partial charge < -0.3 is 4.90 Å². The Bertz CT molecular complexity index is 559. The largest absolute Gasteiger partial charge is 0.358 e. The van der Waals surface area contributed by atoms with Crippen LogP contribution in [0.2, 0.25) is 0 Å². The van der Waals surface area contributed by atoms with Crippen LogP contribution in [0.25, 0.3) is 5.65 Å². The van der Waals surface area contributed by atoms with Crippen molar-refractivity contribution >= 4 is 17.8 Å². The molecule has 0 aliphatic rings. The van der Waals surface area contributed by atoms with Gasteiger partial charge >= 0.3 is 0 Å². The van der Waals surface area contributed by atoms with Crippen LogP contribution in [0.3, 0.4) is 0 Å². The molecule has 0 bridgehead atoms. The molecule has 4 nitrogen and oxygen atoms in total. The van der Waals surface area contributed by atoms with Crippen molar-refractivity contribution in [2.45, 2.75) is 12.8 Å². The van der Waals surface area contributed by atoms with Crippen LogP contribution in [-0.2, 0) is 0 Å². The molecule has 2 aromatic rings. The van der Waals surface area contributed by atoms with Gasteiger partial charge in [0.15, 0.2) is 12.1 Å². The first-order valence-corrected chi connectivity index (χ1v) is 6.02. The van der Waals surface area contributed by atoms with Crippen LogP contribution in [0, 0.1) is 0 Å². The highest BCUT2D eigenvalue weighted by Gasteiger charge is 2.14. The van der Waals surface area contributed by atoms with Crippen molar-refractivity contribution in [1.29, 1.82) is 0 Å². The minimum absolute atomic E-state index is 0.603. The molecule has 0 amide bonds. The lowest BCUT2D eigenvalue weighted by Crippen LogP contribution is -2.20. The van der Waals surface area contributed by atoms with Gasteiger partial charge in [0.1, 0.15) is 11.3 Å². The molecule has 2 heterocycles. The van der Waals surface area contributed by atoms with Gasteiger partial charge in [-0.15, -0.1) is 6.58 Å². The number of anilines is 1. The van der Waals surface area contributed by atoms with Gasteiger partial charge in [0.25, 0.3) is 0 Å². The summed E-state index contributed by atoms with van der Waals surface area (Å²) in [6.07, 6.45) is 6.59. The minimum atomic E-state index is 0.603. The number of aldehydes is 1. The smallest absolute Gasteiger partial charge is 0.170 e. The summed E-state index contributed by atoms with van der Waals surface area (Å²) in [6, 6.07) is 5.70. The molecule has 0 aliphatic heterocycles. The van der Waals surface area contributed by atoms with Crippen LogP contribution < -0.4 is 4.90 Å². The summed E-state index contributed by atoms with van der Waals surface area (Å²) in [5.74, 6) is 0.736. The number of carbonyl (C=O) groups is 1. The number of fused-ring (bicyclic) bond motifs is 1. The number of nitrogens with zero attached hydrogens (tertiary/aromatic N) is 3. The second-order valence-corrected chi connectivity index (χ2v) is 4.22. The number of allylic oxidation sites excluding steroid dienone is 1. The molecule has 0 aliphatic carbocycles. The molecule has 0 atom stereocenters. The molecule has 2 aromatic heterocycles. The summed E-state index contributed by atoms with van der Waals surface area (Å²) >= 11 is 0. The molecule has 0 unspecified atom stereocenters. The first-order valence-electron chi connectivity index (χ1n) is 6.02. The Labute approximate surface area is 107 Å². The molecule has 0 saturated carbocycles. The van der Waals surface area contributed by atoms with E-state index in [9.17, 15) is 4.79 Å². The Morgan fingerprint density at radius 3 is 3.06 bits per heavy atom. The number of imidazole rings is 1. The fraction of sp³-hybridized carbons (Fsp3) is 0.286.